The largest absolute Gasteiger partial charge is 0.496 e. The van der Waals surface area contributed by atoms with Crippen LogP contribution in [0.15, 0.2) is 18.3 Å². The zero-order valence-electron chi connectivity index (χ0n) is 9.74. The molecule has 0 bridgehead atoms. The van der Waals surface area contributed by atoms with Crippen molar-refractivity contribution in [1.82, 2.24) is 9.97 Å². The lowest BCUT2D eigenvalue weighted by molar-refractivity contribution is 0.410. The summed E-state index contributed by atoms with van der Waals surface area (Å²) in [6.07, 6.45) is 3.81. The van der Waals surface area contributed by atoms with Crippen LogP contribution in [0.25, 0.3) is 10.9 Å². The topological polar surface area (TPSA) is 35.0 Å². The molecule has 17 heavy (non-hydrogen) atoms. The first-order valence-corrected chi connectivity index (χ1v) is 5.61. The standard InChI is InChI=1S/C12H13ClN2O.ClH/c1-3-4-8-5-9-7-14-12(13)15-10(9)6-11(8)16-2;/h5-7H,3-4H2,1-2H3;1H. The van der Waals surface area contributed by atoms with E-state index >= 15 is 0 Å². The molecule has 3 nitrogen and oxygen atoms in total. The van der Waals surface area contributed by atoms with E-state index in [4.69, 9.17) is 16.3 Å². The summed E-state index contributed by atoms with van der Waals surface area (Å²) < 4.78 is 5.34. The van der Waals surface area contributed by atoms with Crippen LogP contribution in [0, 0.1) is 0 Å². The number of halogens is 2. The Hall–Kier alpha value is -1.06. The van der Waals surface area contributed by atoms with Crippen molar-refractivity contribution >= 4 is 34.9 Å². The number of ether oxygens (including phenoxy) is 1. The Morgan fingerprint density at radius 2 is 2.12 bits per heavy atom. The summed E-state index contributed by atoms with van der Waals surface area (Å²) in [5, 5.41) is 1.26. The Kier molecular flexibility index (Phi) is 4.97. The molecule has 2 aromatic rings. The Labute approximate surface area is 112 Å². The SMILES string of the molecule is CCCc1cc2cnc(Cl)nc2cc1OC.Cl. The summed E-state index contributed by atoms with van der Waals surface area (Å²) in [7, 11) is 1.67. The van der Waals surface area contributed by atoms with Crippen molar-refractivity contribution in [2.45, 2.75) is 19.8 Å². The smallest absolute Gasteiger partial charge is 0.222 e. The van der Waals surface area contributed by atoms with Crippen molar-refractivity contribution in [2.75, 3.05) is 7.11 Å². The van der Waals surface area contributed by atoms with E-state index in [1.807, 2.05) is 6.07 Å². The Bertz CT molecular complexity index is 517. The highest BCUT2D eigenvalue weighted by Crippen LogP contribution is 2.26. The van der Waals surface area contributed by atoms with Crippen molar-refractivity contribution in [3.8, 4) is 5.75 Å². The predicted octanol–water partition coefficient (Wildman–Crippen LogP) is 3.67. The molecule has 0 saturated heterocycles. The van der Waals surface area contributed by atoms with Gasteiger partial charge >= 0.3 is 0 Å². The molecule has 1 aromatic carbocycles. The fraction of sp³-hybridized carbons (Fsp3) is 0.333. The molecule has 0 fully saturated rings. The zero-order valence-corrected chi connectivity index (χ0v) is 11.3. The van der Waals surface area contributed by atoms with Gasteiger partial charge in [0, 0.05) is 17.6 Å². The zero-order chi connectivity index (χ0) is 11.5. The average molecular weight is 273 g/mol. The molecule has 0 aliphatic carbocycles. The molecule has 0 N–H and O–H groups in total. The minimum absolute atomic E-state index is 0. The highest BCUT2D eigenvalue weighted by Gasteiger charge is 2.06. The van der Waals surface area contributed by atoms with E-state index in [2.05, 4.69) is 23.0 Å². The minimum Gasteiger partial charge on any atom is -0.496 e. The average Bonchev–Trinajstić information content (AvgIpc) is 2.29. The van der Waals surface area contributed by atoms with E-state index in [9.17, 15) is 0 Å². The van der Waals surface area contributed by atoms with Gasteiger partial charge in [-0.15, -0.1) is 12.4 Å². The van der Waals surface area contributed by atoms with Gasteiger partial charge in [-0.1, -0.05) is 13.3 Å². The molecule has 1 aromatic heterocycles. The van der Waals surface area contributed by atoms with Crippen LogP contribution in [0.3, 0.4) is 0 Å². The van der Waals surface area contributed by atoms with Crippen LogP contribution < -0.4 is 4.74 Å². The summed E-state index contributed by atoms with van der Waals surface area (Å²) in [6, 6.07) is 3.97. The molecule has 2 rings (SSSR count). The third-order valence-electron chi connectivity index (χ3n) is 2.47. The van der Waals surface area contributed by atoms with Gasteiger partial charge in [-0.2, -0.15) is 0 Å². The molecule has 0 unspecified atom stereocenters. The number of fused-ring (bicyclic) bond motifs is 1. The van der Waals surface area contributed by atoms with Gasteiger partial charge in [-0.05, 0) is 29.7 Å². The third-order valence-corrected chi connectivity index (χ3v) is 2.65. The van der Waals surface area contributed by atoms with Crippen molar-refractivity contribution in [2.24, 2.45) is 0 Å². The van der Waals surface area contributed by atoms with Gasteiger partial charge in [0.15, 0.2) is 0 Å². The lowest BCUT2D eigenvalue weighted by atomic mass is 10.1. The maximum Gasteiger partial charge on any atom is 0.222 e. The van der Waals surface area contributed by atoms with Crippen LogP contribution in [-0.4, -0.2) is 17.1 Å². The van der Waals surface area contributed by atoms with Crippen molar-refractivity contribution in [1.29, 1.82) is 0 Å². The van der Waals surface area contributed by atoms with Gasteiger partial charge < -0.3 is 4.74 Å². The third kappa shape index (κ3) is 2.99. The molecule has 0 spiro atoms. The first-order valence-electron chi connectivity index (χ1n) is 5.23. The molecule has 0 saturated carbocycles. The van der Waals surface area contributed by atoms with Crippen molar-refractivity contribution in [3.63, 3.8) is 0 Å². The summed E-state index contributed by atoms with van der Waals surface area (Å²) in [6.45, 7) is 2.14. The van der Waals surface area contributed by atoms with Gasteiger partial charge in [0.25, 0.3) is 0 Å². The quantitative estimate of drug-likeness (QED) is 0.800. The van der Waals surface area contributed by atoms with E-state index in [0.717, 1.165) is 29.5 Å². The van der Waals surface area contributed by atoms with Crippen LogP contribution in [0.5, 0.6) is 5.75 Å². The molecule has 0 atom stereocenters. The summed E-state index contributed by atoms with van der Waals surface area (Å²) >= 11 is 5.75. The fourth-order valence-electron chi connectivity index (χ4n) is 1.74. The first-order chi connectivity index (χ1) is 7.74. The normalized spacial score (nSPS) is 10.1. The van der Waals surface area contributed by atoms with Gasteiger partial charge in [0.1, 0.15) is 5.75 Å². The van der Waals surface area contributed by atoms with Crippen LogP contribution in [0.4, 0.5) is 0 Å². The number of rotatable bonds is 3. The maximum atomic E-state index is 5.75. The van der Waals surface area contributed by atoms with Crippen LogP contribution >= 0.6 is 24.0 Å². The Morgan fingerprint density at radius 1 is 1.35 bits per heavy atom. The summed E-state index contributed by atoms with van der Waals surface area (Å²) in [5.41, 5.74) is 2.00. The van der Waals surface area contributed by atoms with E-state index < -0.39 is 0 Å². The van der Waals surface area contributed by atoms with E-state index in [1.54, 1.807) is 13.3 Å². The molecule has 0 radical (unpaired) electrons. The number of benzene rings is 1. The van der Waals surface area contributed by atoms with Gasteiger partial charge in [-0.3, -0.25) is 0 Å². The van der Waals surface area contributed by atoms with Crippen LogP contribution in [0.2, 0.25) is 5.28 Å². The summed E-state index contributed by atoms with van der Waals surface area (Å²) in [5.74, 6) is 0.865. The molecule has 5 heteroatoms. The Morgan fingerprint density at radius 3 is 2.76 bits per heavy atom. The van der Waals surface area contributed by atoms with Gasteiger partial charge in [-0.25, -0.2) is 9.97 Å². The van der Waals surface area contributed by atoms with E-state index in [0.29, 0.717) is 0 Å². The van der Waals surface area contributed by atoms with Gasteiger partial charge in [0.2, 0.25) is 5.28 Å². The molecule has 0 aliphatic rings. The molecule has 0 aliphatic heterocycles. The summed E-state index contributed by atoms with van der Waals surface area (Å²) in [4.78, 5) is 8.14. The van der Waals surface area contributed by atoms with Crippen molar-refractivity contribution in [3.05, 3.63) is 29.2 Å². The highest BCUT2D eigenvalue weighted by atomic mass is 35.5. The second kappa shape index (κ2) is 6.03. The lowest BCUT2D eigenvalue weighted by Gasteiger charge is -2.09. The van der Waals surface area contributed by atoms with E-state index in [-0.39, 0.29) is 17.7 Å². The fourth-order valence-corrected chi connectivity index (χ4v) is 1.88. The number of hydrogen-bond acceptors (Lipinski definition) is 3. The highest BCUT2D eigenvalue weighted by molar-refractivity contribution is 6.28. The number of hydrogen-bond donors (Lipinski definition) is 0. The minimum atomic E-state index is 0. The number of aromatic nitrogens is 2. The molecule has 1 heterocycles. The maximum absolute atomic E-state index is 5.75. The lowest BCUT2D eigenvalue weighted by Crippen LogP contribution is -1.94. The van der Waals surface area contributed by atoms with Gasteiger partial charge in [0.05, 0.1) is 12.6 Å². The number of methoxy groups -OCH3 is 1. The predicted molar refractivity (Wildman–Crippen MR) is 72.3 cm³/mol. The second-order valence-corrected chi connectivity index (χ2v) is 3.95. The molecule has 0 amide bonds. The first kappa shape index (κ1) is 14.0. The van der Waals surface area contributed by atoms with Crippen LogP contribution in [-0.2, 0) is 6.42 Å². The molecular formula is C12H14Cl2N2O. The molecular weight excluding hydrogens is 259 g/mol. The van der Waals surface area contributed by atoms with E-state index in [1.165, 1.54) is 5.56 Å². The number of aryl methyl sites for hydroxylation is 1. The monoisotopic (exact) mass is 272 g/mol. The Balaban J connectivity index is 0.00000144. The molecule has 92 valence electrons. The van der Waals surface area contributed by atoms with Crippen LogP contribution in [0.1, 0.15) is 18.9 Å². The number of nitrogens with zero attached hydrogens (tertiary/aromatic N) is 2. The second-order valence-electron chi connectivity index (χ2n) is 3.61. The van der Waals surface area contributed by atoms with Crippen molar-refractivity contribution < 1.29 is 4.74 Å².